The summed E-state index contributed by atoms with van der Waals surface area (Å²) in [5, 5.41) is 11.5. The summed E-state index contributed by atoms with van der Waals surface area (Å²) < 4.78 is 18.6. The SMILES string of the molecule is O=C(c1c(Cl)cccc1Cl)N1CCCC(O)(COc2ccc(F)cc2)CC1. The minimum absolute atomic E-state index is 0.0769. The van der Waals surface area contributed by atoms with Gasteiger partial charge in [-0.05, 0) is 55.7 Å². The Hall–Kier alpha value is -1.82. The summed E-state index contributed by atoms with van der Waals surface area (Å²) in [4.78, 5) is 14.5. The topological polar surface area (TPSA) is 49.8 Å². The molecular weight excluding hydrogens is 392 g/mol. The zero-order valence-electron chi connectivity index (χ0n) is 14.6. The summed E-state index contributed by atoms with van der Waals surface area (Å²) in [5.74, 6) is -0.0953. The number of nitrogens with zero attached hydrogens (tertiary/aromatic N) is 1. The van der Waals surface area contributed by atoms with E-state index < -0.39 is 5.60 Å². The number of aliphatic hydroxyl groups is 1. The Labute approximate surface area is 167 Å². The third-order valence-corrected chi connectivity index (χ3v) is 5.33. The molecule has 1 unspecified atom stereocenters. The van der Waals surface area contributed by atoms with E-state index in [1.807, 2.05) is 0 Å². The molecule has 1 amide bonds. The van der Waals surface area contributed by atoms with Crippen LogP contribution in [0.2, 0.25) is 10.0 Å². The molecule has 27 heavy (non-hydrogen) atoms. The first-order valence-corrected chi connectivity index (χ1v) is 9.48. The molecule has 1 N–H and O–H groups in total. The molecular formula is C20H20Cl2FNO3. The molecule has 1 fully saturated rings. The van der Waals surface area contributed by atoms with Gasteiger partial charge in [0.2, 0.25) is 0 Å². The van der Waals surface area contributed by atoms with Gasteiger partial charge in [0.1, 0.15) is 23.8 Å². The molecule has 0 saturated carbocycles. The summed E-state index contributed by atoms with van der Waals surface area (Å²) in [7, 11) is 0. The summed E-state index contributed by atoms with van der Waals surface area (Å²) in [6.45, 7) is 0.941. The van der Waals surface area contributed by atoms with Crippen molar-refractivity contribution < 1.29 is 19.0 Å². The van der Waals surface area contributed by atoms with Crippen LogP contribution in [-0.4, -0.2) is 41.2 Å². The molecule has 4 nitrogen and oxygen atoms in total. The summed E-state index contributed by atoms with van der Waals surface area (Å²) in [6.07, 6.45) is 1.48. The van der Waals surface area contributed by atoms with Crippen molar-refractivity contribution in [1.82, 2.24) is 4.90 Å². The van der Waals surface area contributed by atoms with Crippen molar-refractivity contribution in [2.75, 3.05) is 19.7 Å². The third-order valence-electron chi connectivity index (χ3n) is 4.70. The van der Waals surface area contributed by atoms with Crippen molar-refractivity contribution in [2.45, 2.75) is 24.9 Å². The summed E-state index contributed by atoms with van der Waals surface area (Å²) in [6, 6.07) is 10.6. The molecule has 7 heteroatoms. The number of benzene rings is 2. The number of rotatable bonds is 4. The van der Waals surface area contributed by atoms with E-state index in [-0.39, 0.29) is 23.9 Å². The zero-order valence-corrected chi connectivity index (χ0v) is 16.1. The van der Waals surface area contributed by atoms with Gasteiger partial charge in [-0.25, -0.2) is 4.39 Å². The van der Waals surface area contributed by atoms with Crippen LogP contribution in [0.15, 0.2) is 42.5 Å². The van der Waals surface area contributed by atoms with Gasteiger partial charge >= 0.3 is 0 Å². The quantitative estimate of drug-likeness (QED) is 0.801. The highest BCUT2D eigenvalue weighted by molar-refractivity contribution is 6.39. The molecule has 1 saturated heterocycles. The van der Waals surface area contributed by atoms with E-state index in [1.54, 1.807) is 23.1 Å². The fourth-order valence-electron chi connectivity index (χ4n) is 3.14. The number of halogens is 3. The third kappa shape index (κ3) is 4.92. The van der Waals surface area contributed by atoms with E-state index in [1.165, 1.54) is 24.3 Å². The zero-order chi connectivity index (χ0) is 19.4. The largest absolute Gasteiger partial charge is 0.491 e. The fourth-order valence-corrected chi connectivity index (χ4v) is 3.69. The molecule has 0 radical (unpaired) electrons. The van der Waals surface area contributed by atoms with Crippen molar-refractivity contribution in [3.05, 3.63) is 63.9 Å². The van der Waals surface area contributed by atoms with E-state index in [0.717, 1.165) is 0 Å². The molecule has 1 atom stereocenters. The average molecular weight is 412 g/mol. The Morgan fingerprint density at radius 1 is 1.11 bits per heavy atom. The van der Waals surface area contributed by atoms with Crippen molar-refractivity contribution >= 4 is 29.1 Å². The second-order valence-corrected chi connectivity index (χ2v) is 7.52. The molecule has 0 spiro atoms. The minimum Gasteiger partial charge on any atom is -0.491 e. The lowest BCUT2D eigenvalue weighted by molar-refractivity contribution is -0.0163. The first kappa shape index (κ1) is 19.9. The maximum atomic E-state index is 13.0. The van der Waals surface area contributed by atoms with Crippen LogP contribution in [0.1, 0.15) is 29.6 Å². The van der Waals surface area contributed by atoms with Crippen LogP contribution in [0.5, 0.6) is 5.75 Å². The molecule has 2 aromatic carbocycles. The summed E-state index contributed by atoms with van der Waals surface area (Å²) in [5.41, 5.74) is -0.776. The van der Waals surface area contributed by atoms with Crippen molar-refractivity contribution in [1.29, 1.82) is 0 Å². The molecule has 0 aromatic heterocycles. The number of ether oxygens (including phenoxy) is 1. The molecule has 1 heterocycles. The lowest BCUT2D eigenvalue weighted by atomic mass is 9.96. The number of amides is 1. The standard InChI is InChI=1S/C20H20Cl2FNO3/c21-16-3-1-4-17(22)18(16)19(25)24-11-2-9-20(26,10-12-24)13-27-15-7-5-14(23)6-8-15/h1,3-8,26H,2,9-13H2. The number of hydrogen-bond acceptors (Lipinski definition) is 3. The van der Waals surface area contributed by atoms with Crippen LogP contribution in [0, 0.1) is 5.82 Å². The van der Waals surface area contributed by atoms with E-state index in [4.69, 9.17) is 27.9 Å². The summed E-state index contributed by atoms with van der Waals surface area (Å²) >= 11 is 12.3. The van der Waals surface area contributed by atoms with Gasteiger partial charge in [-0.2, -0.15) is 0 Å². The normalized spacial score (nSPS) is 20.2. The highest BCUT2D eigenvalue weighted by atomic mass is 35.5. The Morgan fingerprint density at radius 2 is 1.78 bits per heavy atom. The van der Waals surface area contributed by atoms with E-state index in [2.05, 4.69) is 0 Å². The van der Waals surface area contributed by atoms with Gasteiger partial charge in [-0.1, -0.05) is 29.3 Å². The molecule has 2 aromatic rings. The Morgan fingerprint density at radius 3 is 2.44 bits per heavy atom. The molecule has 1 aliphatic heterocycles. The number of likely N-dealkylation sites (tertiary alicyclic amines) is 1. The van der Waals surface area contributed by atoms with Crippen LogP contribution < -0.4 is 4.74 Å². The minimum atomic E-state index is -1.06. The average Bonchev–Trinajstić information content (AvgIpc) is 2.83. The number of carbonyl (C=O) groups excluding carboxylic acids is 1. The fraction of sp³-hybridized carbons (Fsp3) is 0.350. The molecule has 0 aliphatic carbocycles. The molecule has 144 valence electrons. The van der Waals surface area contributed by atoms with Gasteiger partial charge in [-0.15, -0.1) is 0 Å². The van der Waals surface area contributed by atoms with Gasteiger partial charge in [0, 0.05) is 13.1 Å². The Bertz CT molecular complexity index is 795. The van der Waals surface area contributed by atoms with Crippen LogP contribution in [0.3, 0.4) is 0 Å². The van der Waals surface area contributed by atoms with Gasteiger partial charge in [0.15, 0.2) is 0 Å². The highest BCUT2D eigenvalue weighted by Crippen LogP contribution is 2.29. The first-order valence-electron chi connectivity index (χ1n) is 8.72. The Balaban J connectivity index is 1.64. The number of hydrogen-bond donors (Lipinski definition) is 1. The van der Waals surface area contributed by atoms with Crippen LogP contribution in [-0.2, 0) is 0 Å². The second kappa shape index (κ2) is 8.46. The number of carbonyl (C=O) groups is 1. The van der Waals surface area contributed by atoms with Crippen LogP contribution in [0.25, 0.3) is 0 Å². The maximum Gasteiger partial charge on any atom is 0.256 e. The predicted molar refractivity (Wildman–Crippen MR) is 103 cm³/mol. The van der Waals surface area contributed by atoms with E-state index in [0.29, 0.717) is 48.1 Å². The first-order chi connectivity index (χ1) is 12.9. The smallest absolute Gasteiger partial charge is 0.256 e. The van der Waals surface area contributed by atoms with Crippen LogP contribution in [0.4, 0.5) is 4.39 Å². The Kier molecular flexibility index (Phi) is 6.25. The van der Waals surface area contributed by atoms with Gasteiger partial charge in [-0.3, -0.25) is 4.79 Å². The van der Waals surface area contributed by atoms with Crippen molar-refractivity contribution in [2.24, 2.45) is 0 Å². The van der Waals surface area contributed by atoms with Crippen LogP contribution >= 0.6 is 23.2 Å². The second-order valence-electron chi connectivity index (χ2n) is 6.71. The monoisotopic (exact) mass is 411 g/mol. The van der Waals surface area contributed by atoms with Gasteiger partial charge in [0.25, 0.3) is 5.91 Å². The van der Waals surface area contributed by atoms with E-state index in [9.17, 15) is 14.3 Å². The van der Waals surface area contributed by atoms with Crippen molar-refractivity contribution in [3.63, 3.8) is 0 Å². The lowest BCUT2D eigenvalue weighted by Gasteiger charge is -2.27. The van der Waals surface area contributed by atoms with Crippen molar-refractivity contribution in [3.8, 4) is 5.75 Å². The lowest BCUT2D eigenvalue weighted by Crippen LogP contribution is -2.38. The van der Waals surface area contributed by atoms with Gasteiger partial charge < -0.3 is 14.7 Å². The van der Waals surface area contributed by atoms with Gasteiger partial charge in [0.05, 0.1) is 15.6 Å². The molecule has 1 aliphatic rings. The molecule has 3 rings (SSSR count). The highest BCUT2D eigenvalue weighted by Gasteiger charge is 2.33. The maximum absolute atomic E-state index is 13.0. The molecule has 0 bridgehead atoms. The predicted octanol–water partition coefficient (Wildman–Crippen LogP) is 4.57. The van der Waals surface area contributed by atoms with E-state index >= 15 is 0 Å².